The molecule has 1 aromatic heterocycles. The average molecular weight is 447 g/mol. The number of nitrogens with zero attached hydrogens (tertiary/aromatic N) is 3. The number of aryl methyl sites for hydroxylation is 1. The molecule has 1 fully saturated rings. The number of hydrogen-bond acceptors (Lipinski definition) is 4. The van der Waals surface area contributed by atoms with Crippen molar-refractivity contribution >= 4 is 28.3 Å². The molecule has 7 heteroatoms. The SMILES string of the molecule is Cc1cccc(N2CCN(C(=O)CCNC(=O)Cn3ccc4ccccc4c3=O)CC2C)c1. The summed E-state index contributed by atoms with van der Waals surface area (Å²) in [5.74, 6) is -0.244. The first-order chi connectivity index (χ1) is 15.9. The van der Waals surface area contributed by atoms with E-state index in [1.54, 1.807) is 18.3 Å². The van der Waals surface area contributed by atoms with Gasteiger partial charge in [0.2, 0.25) is 11.8 Å². The summed E-state index contributed by atoms with van der Waals surface area (Å²) in [5.41, 5.74) is 2.21. The standard InChI is InChI=1S/C26H30N4O3/c1-19-6-5-8-22(16-19)30-15-14-28(17-20(30)2)25(32)10-12-27-24(31)18-29-13-11-21-7-3-4-9-23(21)26(29)33/h3-9,11,13,16,20H,10,12,14-15,17-18H2,1-2H3,(H,27,31). The lowest BCUT2D eigenvalue weighted by molar-refractivity contribution is -0.132. The predicted octanol–water partition coefficient (Wildman–Crippen LogP) is 2.55. The maximum atomic E-state index is 12.7. The summed E-state index contributed by atoms with van der Waals surface area (Å²) in [4.78, 5) is 41.8. The third-order valence-electron chi connectivity index (χ3n) is 6.17. The van der Waals surface area contributed by atoms with E-state index in [2.05, 4.69) is 48.3 Å². The molecular weight excluding hydrogens is 416 g/mol. The van der Waals surface area contributed by atoms with E-state index < -0.39 is 0 Å². The highest BCUT2D eigenvalue weighted by molar-refractivity contribution is 5.82. The summed E-state index contributed by atoms with van der Waals surface area (Å²) < 4.78 is 1.39. The molecule has 2 aromatic carbocycles. The van der Waals surface area contributed by atoms with Gasteiger partial charge in [0.05, 0.1) is 0 Å². The smallest absolute Gasteiger partial charge is 0.258 e. The van der Waals surface area contributed by atoms with Crippen molar-refractivity contribution in [3.05, 3.63) is 76.7 Å². The van der Waals surface area contributed by atoms with E-state index >= 15 is 0 Å². The molecule has 3 aromatic rings. The highest BCUT2D eigenvalue weighted by atomic mass is 16.2. The summed E-state index contributed by atoms with van der Waals surface area (Å²) >= 11 is 0. The molecule has 1 aliphatic rings. The predicted molar refractivity (Wildman–Crippen MR) is 130 cm³/mol. The van der Waals surface area contributed by atoms with Crippen molar-refractivity contribution in [1.29, 1.82) is 0 Å². The molecule has 0 aliphatic carbocycles. The molecule has 1 N–H and O–H groups in total. The minimum Gasteiger partial charge on any atom is -0.365 e. The fourth-order valence-electron chi connectivity index (χ4n) is 4.41. The molecule has 1 aliphatic heterocycles. The highest BCUT2D eigenvalue weighted by Crippen LogP contribution is 2.21. The first-order valence-electron chi connectivity index (χ1n) is 11.4. The van der Waals surface area contributed by atoms with Crippen molar-refractivity contribution in [2.75, 3.05) is 31.1 Å². The number of fused-ring (bicyclic) bond motifs is 1. The van der Waals surface area contributed by atoms with E-state index in [1.165, 1.54) is 15.8 Å². The summed E-state index contributed by atoms with van der Waals surface area (Å²) in [6.07, 6.45) is 1.88. The number of nitrogens with one attached hydrogen (secondary N) is 1. The van der Waals surface area contributed by atoms with Crippen LogP contribution in [0.5, 0.6) is 0 Å². The second-order valence-electron chi connectivity index (χ2n) is 8.66. The summed E-state index contributed by atoms with van der Waals surface area (Å²) in [5, 5.41) is 4.21. The second-order valence-corrected chi connectivity index (χ2v) is 8.66. The van der Waals surface area contributed by atoms with E-state index in [9.17, 15) is 14.4 Å². The van der Waals surface area contributed by atoms with Gasteiger partial charge in [0.1, 0.15) is 6.54 Å². The summed E-state index contributed by atoms with van der Waals surface area (Å²) in [6, 6.07) is 17.8. The molecule has 0 saturated carbocycles. The Balaban J connectivity index is 1.25. The van der Waals surface area contributed by atoms with Gasteiger partial charge in [0.25, 0.3) is 5.56 Å². The highest BCUT2D eigenvalue weighted by Gasteiger charge is 2.26. The van der Waals surface area contributed by atoms with Crippen LogP contribution >= 0.6 is 0 Å². The molecule has 1 saturated heterocycles. The van der Waals surface area contributed by atoms with Gasteiger partial charge >= 0.3 is 0 Å². The van der Waals surface area contributed by atoms with E-state index in [1.807, 2.05) is 23.1 Å². The van der Waals surface area contributed by atoms with Crippen molar-refractivity contribution in [2.24, 2.45) is 0 Å². The summed E-state index contributed by atoms with van der Waals surface area (Å²) in [6.45, 7) is 6.51. The average Bonchev–Trinajstić information content (AvgIpc) is 2.81. The van der Waals surface area contributed by atoms with Crippen LogP contribution in [0.1, 0.15) is 18.9 Å². The Morgan fingerprint density at radius 1 is 1.06 bits per heavy atom. The van der Waals surface area contributed by atoms with E-state index in [0.717, 1.165) is 11.9 Å². The zero-order valence-corrected chi connectivity index (χ0v) is 19.2. The molecular formula is C26H30N4O3. The molecule has 0 bridgehead atoms. The van der Waals surface area contributed by atoms with E-state index in [0.29, 0.717) is 18.5 Å². The Hall–Kier alpha value is -3.61. The van der Waals surface area contributed by atoms with Crippen LogP contribution in [0.15, 0.2) is 65.6 Å². The van der Waals surface area contributed by atoms with Crippen LogP contribution in [-0.4, -0.2) is 53.5 Å². The third kappa shape index (κ3) is 5.25. The fourth-order valence-corrected chi connectivity index (χ4v) is 4.41. The number of carbonyl (C=O) groups is 2. The van der Waals surface area contributed by atoms with Gasteiger partial charge in [-0.15, -0.1) is 0 Å². The molecule has 2 amide bonds. The van der Waals surface area contributed by atoms with Crippen LogP contribution < -0.4 is 15.8 Å². The Labute approximate surface area is 193 Å². The second kappa shape index (κ2) is 9.90. The Kier molecular flexibility index (Phi) is 6.77. The quantitative estimate of drug-likeness (QED) is 0.632. The number of benzene rings is 2. The Bertz CT molecular complexity index is 1220. The number of aromatic nitrogens is 1. The van der Waals surface area contributed by atoms with E-state index in [4.69, 9.17) is 0 Å². The number of amides is 2. The molecule has 172 valence electrons. The van der Waals surface area contributed by atoms with Gasteiger partial charge in [0, 0.05) is 55.9 Å². The number of carbonyl (C=O) groups excluding carboxylic acids is 2. The number of rotatable bonds is 6. The van der Waals surface area contributed by atoms with Gasteiger partial charge in [-0.1, -0.05) is 30.3 Å². The minimum atomic E-state index is -0.280. The number of pyridine rings is 1. The molecule has 0 radical (unpaired) electrons. The van der Waals surface area contributed by atoms with Crippen LogP contribution in [-0.2, 0) is 16.1 Å². The zero-order chi connectivity index (χ0) is 23.4. The Morgan fingerprint density at radius 2 is 1.88 bits per heavy atom. The van der Waals surface area contributed by atoms with Gasteiger partial charge in [-0.25, -0.2) is 0 Å². The number of piperazine rings is 1. The third-order valence-corrected chi connectivity index (χ3v) is 6.17. The van der Waals surface area contributed by atoms with Crippen molar-refractivity contribution < 1.29 is 9.59 Å². The molecule has 1 atom stereocenters. The summed E-state index contributed by atoms with van der Waals surface area (Å²) in [7, 11) is 0. The largest absolute Gasteiger partial charge is 0.365 e. The van der Waals surface area contributed by atoms with Crippen molar-refractivity contribution in [3.8, 4) is 0 Å². The van der Waals surface area contributed by atoms with Crippen LogP contribution in [0.4, 0.5) is 5.69 Å². The van der Waals surface area contributed by atoms with Crippen molar-refractivity contribution in [1.82, 2.24) is 14.8 Å². The normalized spacial score (nSPS) is 16.1. The number of anilines is 1. The van der Waals surface area contributed by atoms with Crippen LogP contribution in [0, 0.1) is 6.92 Å². The van der Waals surface area contributed by atoms with E-state index in [-0.39, 0.29) is 42.9 Å². The fraction of sp³-hybridized carbons (Fsp3) is 0.346. The molecule has 33 heavy (non-hydrogen) atoms. The van der Waals surface area contributed by atoms with Gasteiger partial charge in [0.15, 0.2) is 0 Å². The maximum absolute atomic E-state index is 12.7. The van der Waals surface area contributed by atoms with Gasteiger partial charge < -0.3 is 19.7 Å². The van der Waals surface area contributed by atoms with Crippen LogP contribution in [0.25, 0.3) is 10.8 Å². The van der Waals surface area contributed by atoms with Gasteiger partial charge in [-0.2, -0.15) is 0 Å². The molecule has 2 heterocycles. The van der Waals surface area contributed by atoms with Gasteiger partial charge in [-0.05, 0) is 49.1 Å². The first kappa shape index (κ1) is 22.6. The van der Waals surface area contributed by atoms with Crippen molar-refractivity contribution in [3.63, 3.8) is 0 Å². The monoisotopic (exact) mass is 446 g/mol. The lowest BCUT2D eigenvalue weighted by atomic mass is 10.1. The number of hydrogen-bond donors (Lipinski definition) is 1. The Morgan fingerprint density at radius 3 is 2.67 bits per heavy atom. The first-order valence-corrected chi connectivity index (χ1v) is 11.4. The topological polar surface area (TPSA) is 74.7 Å². The van der Waals surface area contributed by atoms with Crippen molar-refractivity contribution in [2.45, 2.75) is 32.9 Å². The molecule has 4 rings (SSSR count). The van der Waals surface area contributed by atoms with Crippen LogP contribution in [0.3, 0.4) is 0 Å². The van der Waals surface area contributed by atoms with Crippen LogP contribution in [0.2, 0.25) is 0 Å². The van der Waals surface area contributed by atoms with Gasteiger partial charge in [-0.3, -0.25) is 14.4 Å². The molecule has 0 spiro atoms. The lowest BCUT2D eigenvalue weighted by Crippen LogP contribution is -2.54. The molecule has 1 unspecified atom stereocenters. The minimum absolute atomic E-state index is 0.0360. The lowest BCUT2D eigenvalue weighted by Gasteiger charge is -2.41. The maximum Gasteiger partial charge on any atom is 0.258 e. The zero-order valence-electron chi connectivity index (χ0n) is 19.2. The molecule has 7 nitrogen and oxygen atoms in total.